The van der Waals surface area contributed by atoms with E-state index in [4.69, 9.17) is 17.0 Å². The Bertz CT molecular complexity index is 1070. The fourth-order valence-corrected chi connectivity index (χ4v) is 5.81. The largest absolute Gasteiger partial charge is 0.496 e. The second kappa shape index (κ2) is 9.97. The van der Waals surface area contributed by atoms with E-state index in [-0.39, 0.29) is 21.3 Å². The molecule has 0 spiro atoms. The van der Waals surface area contributed by atoms with E-state index < -0.39 is 10.0 Å². The van der Waals surface area contributed by atoms with Gasteiger partial charge in [0.15, 0.2) is 5.11 Å². The highest BCUT2D eigenvalue weighted by Gasteiger charge is 2.22. The van der Waals surface area contributed by atoms with E-state index in [1.165, 1.54) is 18.4 Å². The van der Waals surface area contributed by atoms with Gasteiger partial charge in [0, 0.05) is 23.3 Å². The molecule has 0 saturated carbocycles. The Morgan fingerprint density at radius 2 is 1.90 bits per heavy atom. The van der Waals surface area contributed by atoms with Gasteiger partial charge >= 0.3 is 0 Å². The number of ether oxygens (including phenoxy) is 1. The molecule has 0 saturated heterocycles. The lowest BCUT2D eigenvalue weighted by Crippen LogP contribution is -2.37. The summed E-state index contributed by atoms with van der Waals surface area (Å²) in [5.41, 5.74) is 1.42. The van der Waals surface area contributed by atoms with Gasteiger partial charge in [0.25, 0.3) is 15.9 Å². The minimum absolute atomic E-state index is 0.0332. The fourth-order valence-electron chi connectivity index (χ4n) is 2.89. The summed E-state index contributed by atoms with van der Waals surface area (Å²) in [5, 5.41) is 5.52. The zero-order valence-electron chi connectivity index (χ0n) is 18.6. The van der Waals surface area contributed by atoms with Gasteiger partial charge in [-0.1, -0.05) is 26.8 Å². The molecule has 7 nitrogen and oxygen atoms in total. The van der Waals surface area contributed by atoms with Crippen molar-refractivity contribution in [1.29, 1.82) is 0 Å². The Morgan fingerprint density at radius 1 is 1.23 bits per heavy atom. The van der Waals surface area contributed by atoms with E-state index >= 15 is 0 Å². The lowest BCUT2D eigenvalue weighted by atomic mass is 9.86. The van der Waals surface area contributed by atoms with Gasteiger partial charge in [0.2, 0.25) is 0 Å². The molecule has 0 unspecified atom stereocenters. The number of carbonyl (C=O) groups is 1. The zero-order valence-corrected chi connectivity index (χ0v) is 21.0. The molecule has 0 aliphatic carbocycles. The molecule has 1 aromatic carbocycles. The third-order valence-electron chi connectivity index (χ3n) is 4.63. The van der Waals surface area contributed by atoms with Gasteiger partial charge in [-0.25, -0.2) is 8.42 Å². The van der Waals surface area contributed by atoms with Crippen LogP contribution in [0, 0.1) is 6.92 Å². The zero-order chi connectivity index (χ0) is 23.4. The maximum Gasteiger partial charge on any atom is 0.264 e. The van der Waals surface area contributed by atoms with Gasteiger partial charge in [-0.2, -0.15) is 0 Å². The van der Waals surface area contributed by atoms with Gasteiger partial charge in [0.05, 0.1) is 12.7 Å². The molecule has 31 heavy (non-hydrogen) atoms. The summed E-state index contributed by atoms with van der Waals surface area (Å²) < 4.78 is 32.6. The summed E-state index contributed by atoms with van der Waals surface area (Å²) >= 11 is 6.27. The van der Waals surface area contributed by atoms with Crippen molar-refractivity contribution in [3.05, 3.63) is 45.1 Å². The van der Waals surface area contributed by atoms with Gasteiger partial charge in [0.1, 0.15) is 10.6 Å². The van der Waals surface area contributed by atoms with Crippen LogP contribution < -0.4 is 20.1 Å². The minimum Gasteiger partial charge on any atom is -0.496 e. The molecule has 1 heterocycles. The van der Waals surface area contributed by atoms with Crippen LogP contribution in [0.1, 0.15) is 46.4 Å². The first kappa shape index (κ1) is 25.1. The number of aryl methyl sites for hydroxylation is 1. The van der Waals surface area contributed by atoms with Gasteiger partial charge in [-0.15, -0.1) is 11.3 Å². The number of methoxy groups -OCH3 is 1. The first-order chi connectivity index (χ1) is 14.4. The first-order valence-electron chi connectivity index (χ1n) is 9.69. The molecule has 0 fully saturated rings. The Labute approximate surface area is 193 Å². The Balaban J connectivity index is 2.09. The molecule has 3 N–H and O–H groups in total. The molecule has 1 aromatic heterocycles. The van der Waals surface area contributed by atoms with Crippen molar-refractivity contribution >= 4 is 44.6 Å². The molecule has 2 rings (SSSR count). The minimum atomic E-state index is -3.74. The van der Waals surface area contributed by atoms with E-state index in [0.717, 1.165) is 10.4 Å². The van der Waals surface area contributed by atoms with E-state index in [2.05, 4.69) is 36.1 Å². The van der Waals surface area contributed by atoms with Crippen molar-refractivity contribution < 1.29 is 17.9 Å². The van der Waals surface area contributed by atoms with Crippen LogP contribution in [0.25, 0.3) is 0 Å². The van der Waals surface area contributed by atoms with Crippen LogP contribution in [0.2, 0.25) is 0 Å². The third-order valence-corrected chi connectivity index (χ3v) is 7.78. The number of hydrogen-bond donors (Lipinski definition) is 3. The normalized spacial score (nSPS) is 11.7. The van der Waals surface area contributed by atoms with Crippen molar-refractivity contribution in [3.63, 3.8) is 0 Å². The van der Waals surface area contributed by atoms with Crippen LogP contribution in [-0.4, -0.2) is 40.1 Å². The molecule has 2 aromatic rings. The number of benzene rings is 1. The number of nitrogens with one attached hydrogen (secondary N) is 3. The van der Waals surface area contributed by atoms with E-state index in [0.29, 0.717) is 29.2 Å². The average Bonchev–Trinajstić information content (AvgIpc) is 3.07. The molecule has 0 atom stereocenters. The standard InChI is InChI=1S/C21H29N3O4S3/c1-13-18(31(26,27)24-20(29)22-5)12-15(30-13)9-10-23-19(25)16-11-14(21(2,3)4)7-8-17(16)28-6/h7-8,11-12H,9-10H2,1-6H3,(H,23,25)(H2,22,24,29). The smallest absolute Gasteiger partial charge is 0.264 e. The molecular weight excluding hydrogens is 454 g/mol. The first-order valence-corrected chi connectivity index (χ1v) is 12.4. The number of amides is 1. The molecule has 170 valence electrons. The number of sulfonamides is 1. The summed E-state index contributed by atoms with van der Waals surface area (Å²) in [5.74, 6) is 0.280. The summed E-state index contributed by atoms with van der Waals surface area (Å²) in [6, 6.07) is 7.23. The predicted octanol–water partition coefficient (Wildman–Crippen LogP) is 3.12. The van der Waals surface area contributed by atoms with Gasteiger partial charge in [-0.05, 0) is 54.7 Å². The van der Waals surface area contributed by atoms with E-state index in [1.807, 2.05) is 12.1 Å². The number of rotatable bonds is 7. The maximum absolute atomic E-state index is 12.8. The molecule has 0 aliphatic heterocycles. The van der Waals surface area contributed by atoms with Crippen LogP contribution in [0.5, 0.6) is 5.75 Å². The summed E-state index contributed by atoms with van der Waals surface area (Å²) in [6.45, 7) is 8.36. The van der Waals surface area contributed by atoms with Crippen LogP contribution in [0.4, 0.5) is 0 Å². The maximum atomic E-state index is 12.8. The van der Waals surface area contributed by atoms with Crippen molar-refractivity contribution in [2.24, 2.45) is 0 Å². The van der Waals surface area contributed by atoms with Gasteiger partial charge in [-0.3, -0.25) is 9.52 Å². The van der Waals surface area contributed by atoms with E-state index in [9.17, 15) is 13.2 Å². The van der Waals surface area contributed by atoms with Crippen LogP contribution in [0.15, 0.2) is 29.2 Å². The third kappa shape index (κ3) is 6.41. The van der Waals surface area contributed by atoms with Crippen LogP contribution in [-0.2, 0) is 21.9 Å². The van der Waals surface area contributed by atoms with Crippen LogP contribution in [0.3, 0.4) is 0 Å². The summed E-state index contributed by atoms with van der Waals surface area (Å²) in [6.07, 6.45) is 0.504. The molecule has 0 aliphatic rings. The Kier molecular flexibility index (Phi) is 8.07. The van der Waals surface area contributed by atoms with Crippen molar-refractivity contribution in [3.8, 4) is 5.75 Å². The average molecular weight is 484 g/mol. The molecule has 0 radical (unpaired) electrons. The number of hydrogen-bond acceptors (Lipinski definition) is 6. The van der Waals surface area contributed by atoms with Gasteiger partial charge < -0.3 is 15.4 Å². The fraction of sp³-hybridized carbons (Fsp3) is 0.429. The second-order valence-electron chi connectivity index (χ2n) is 7.99. The molecular formula is C21H29N3O4S3. The Hall–Kier alpha value is -2.17. The molecule has 10 heteroatoms. The lowest BCUT2D eigenvalue weighted by Gasteiger charge is -2.21. The SMILES string of the molecule is CNC(=S)NS(=O)(=O)c1cc(CCNC(=O)c2cc(C(C)(C)C)ccc2OC)sc1C. The molecule has 0 bridgehead atoms. The number of thiocarbonyl (C=S) groups is 1. The van der Waals surface area contributed by atoms with Crippen LogP contribution >= 0.6 is 23.6 Å². The highest BCUT2D eigenvalue weighted by molar-refractivity contribution is 7.92. The Morgan fingerprint density at radius 3 is 2.48 bits per heavy atom. The van der Waals surface area contributed by atoms with E-state index in [1.54, 1.807) is 26.1 Å². The number of thiophene rings is 1. The topological polar surface area (TPSA) is 96.5 Å². The highest BCUT2D eigenvalue weighted by atomic mass is 32.2. The predicted molar refractivity (Wildman–Crippen MR) is 129 cm³/mol. The monoisotopic (exact) mass is 483 g/mol. The lowest BCUT2D eigenvalue weighted by molar-refractivity contribution is 0.0951. The summed E-state index contributed by atoms with van der Waals surface area (Å²) in [7, 11) is -0.659. The second-order valence-corrected chi connectivity index (χ2v) is 11.4. The molecule has 1 amide bonds. The van der Waals surface area contributed by atoms with Crippen molar-refractivity contribution in [1.82, 2.24) is 15.4 Å². The highest BCUT2D eigenvalue weighted by Crippen LogP contribution is 2.28. The summed E-state index contributed by atoms with van der Waals surface area (Å²) in [4.78, 5) is 14.5. The van der Waals surface area contributed by atoms with Crippen molar-refractivity contribution in [2.75, 3.05) is 20.7 Å². The number of carbonyl (C=O) groups excluding carboxylic acids is 1. The quantitative estimate of drug-likeness (QED) is 0.524. The van der Waals surface area contributed by atoms with Crippen molar-refractivity contribution in [2.45, 2.75) is 44.4 Å².